The highest BCUT2D eigenvalue weighted by Gasteiger charge is 2.36. The van der Waals surface area contributed by atoms with E-state index in [1.807, 2.05) is 0 Å². The zero-order chi connectivity index (χ0) is 19.9. The van der Waals surface area contributed by atoms with Crippen molar-refractivity contribution in [2.75, 3.05) is 7.11 Å². The molecule has 0 N–H and O–H groups in total. The standard InChI is InChI=1S/C20H18F3N3O2/c1-28-14-8-6-12(7-9-14)16-10-17(20(21,22)23)26-19(25-16)15(11-24-26)18(27)13-4-2-3-5-13/h6-11,13H,2-5H2,1H3. The van der Waals surface area contributed by atoms with Crippen LogP contribution >= 0.6 is 0 Å². The van der Waals surface area contributed by atoms with Gasteiger partial charge in [-0.15, -0.1) is 0 Å². The van der Waals surface area contributed by atoms with Gasteiger partial charge in [0.25, 0.3) is 0 Å². The van der Waals surface area contributed by atoms with Crippen LogP contribution in [0.4, 0.5) is 13.2 Å². The van der Waals surface area contributed by atoms with Gasteiger partial charge in [0.1, 0.15) is 5.75 Å². The van der Waals surface area contributed by atoms with Gasteiger partial charge < -0.3 is 4.74 Å². The zero-order valence-electron chi connectivity index (χ0n) is 15.2. The predicted octanol–water partition coefficient (Wildman–Crippen LogP) is 4.80. The maximum atomic E-state index is 13.6. The van der Waals surface area contributed by atoms with Crippen LogP contribution in [0.1, 0.15) is 41.7 Å². The Kier molecular flexibility index (Phi) is 4.56. The molecule has 1 aromatic carbocycles. The van der Waals surface area contributed by atoms with E-state index in [0.717, 1.165) is 36.3 Å². The van der Waals surface area contributed by atoms with Gasteiger partial charge in [-0.25, -0.2) is 9.50 Å². The Balaban J connectivity index is 1.88. The molecule has 2 heterocycles. The Morgan fingerprint density at radius 2 is 1.86 bits per heavy atom. The van der Waals surface area contributed by atoms with Gasteiger partial charge in [-0.1, -0.05) is 12.8 Å². The van der Waals surface area contributed by atoms with E-state index in [1.54, 1.807) is 24.3 Å². The molecule has 0 spiro atoms. The van der Waals surface area contributed by atoms with E-state index in [4.69, 9.17) is 4.74 Å². The minimum absolute atomic E-state index is 0.0578. The number of hydrogen-bond acceptors (Lipinski definition) is 4. The number of ether oxygens (including phenoxy) is 1. The minimum atomic E-state index is -4.64. The van der Waals surface area contributed by atoms with Crippen molar-refractivity contribution in [2.24, 2.45) is 5.92 Å². The monoisotopic (exact) mass is 389 g/mol. The lowest BCUT2D eigenvalue weighted by Gasteiger charge is -2.12. The van der Waals surface area contributed by atoms with E-state index in [0.29, 0.717) is 11.3 Å². The topological polar surface area (TPSA) is 56.5 Å². The summed E-state index contributed by atoms with van der Waals surface area (Å²) in [5.74, 6) is 0.233. The summed E-state index contributed by atoms with van der Waals surface area (Å²) >= 11 is 0. The van der Waals surface area contributed by atoms with Gasteiger partial charge in [-0.05, 0) is 43.2 Å². The van der Waals surface area contributed by atoms with Crippen LogP contribution in [0.25, 0.3) is 16.9 Å². The molecule has 8 heteroatoms. The number of aromatic nitrogens is 3. The molecule has 3 aromatic rings. The summed E-state index contributed by atoms with van der Waals surface area (Å²) in [5, 5.41) is 3.83. The number of carbonyl (C=O) groups excluding carboxylic acids is 1. The van der Waals surface area contributed by atoms with Gasteiger partial charge in [0.15, 0.2) is 17.1 Å². The second-order valence-electron chi connectivity index (χ2n) is 6.89. The first-order chi connectivity index (χ1) is 13.4. The van der Waals surface area contributed by atoms with Gasteiger partial charge >= 0.3 is 6.18 Å². The molecule has 0 unspecified atom stereocenters. The Morgan fingerprint density at radius 3 is 2.46 bits per heavy atom. The lowest BCUT2D eigenvalue weighted by atomic mass is 9.98. The summed E-state index contributed by atoms with van der Waals surface area (Å²) < 4.78 is 46.8. The molecule has 0 radical (unpaired) electrons. The van der Waals surface area contributed by atoms with Gasteiger partial charge in [0.05, 0.1) is 24.6 Å². The third-order valence-corrected chi connectivity index (χ3v) is 5.14. The van der Waals surface area contributed by atoms with Gasteiger partial charge in [0, 0.05) is 11.5 Å². The molecule has 1 aliphatic rings. The average Bonchev–Trinajstić information content (AvgIpc) is 3.36. The van der Waals surface area contributed by atoms with Gasteiger partial charge in [0.2, 0.25) is 0 Å². The fourth-order valence-corrected chi connectivity index (χ4v) is 3.66. The summed E-state index contributed by atoms with van der Waals surface area (Å²) in [7, 11) is 1.51. The summed E-state index contributed by atoms with van der Waals surface area (Å²) in [4.78, 5) is 17.2. The van der Waals surface area contributed by atoms with Crippen molar-refractivity contribution in [3.8, 4) is 17.0 Å². The first-order valence-corrected chi connectivity index (χ1v) is 9.03. The molecule has 0 bridgehead atoms. The summed E-state index contributed by atoms with van der Waals surface area (Å²) in [6.45, 7) is 0. The first kappa shape index (κ1) is 18.5. The lowest BCUT2D eigenvalue weighted by molar-refractivity contribution is -0.142. The van der Waals surface area contributed by atoms with Crippen LogP contribution in [0.2, 0.25) is 0 Å². The molecule has 28 heavy (non-hydrogen) atoms. The van der Waals surface area contributed by atoms with Crippen LogP contribution in [0.3, 0.4) is 0 Å². The van der Waals surface area contributed by atoms with E-state index in [1.165, 1.54) is 13.3 Å². The molecular formula is C20H18F3N3O2. The molecule has 2 aromatic heterocycles. The fraction of sp³-hybridized carbons (Fsp3) is 0.350. The highest BCUT2D eigenvalue weighted by Crippen LogP contribution is 2.34. The predicted molar refractivity (Wildman–Crippen MR) is 96.3 cm³/mol. The number of hydrogen-bond donors (Lipinski definition) is 0. The Hall–Kier alpha value is -2.90. The number of benzene rings is 1. The van der Waals surface area contributed by atoms with Crippen LogP contribution in [0.5, 0.6) is 5.75 Å². The third-order valence-electron chi connectivity index (χ3n) is 5.14. The maximum absolute atomic E-state index is 13.6. The molecule has 1 aliphatic carbocycles. The van der Waals surface area contributed by atoms with Crippen molar-refractivity contribution in [2.45, 2.75) is 31.9 Å². The molecule has 1 saturated carbocycles. The normalized spacial score (nSPS) is 15.3. The highest BCUT2D eigenvalue weighted by molar-refractivity contribution is 6.03. The van der Waals surface area contributed by atoms with E-state index >= 15 is 0 Å². The molecule has 4 rings (SSSR count). The molecule has 0 aliphatic heterocycles. The molecule has 0 atom stereocenters. The van der Waals surface area contributed by atoms with E-state index in [-0.39, 0.29) is 28.6 Å². The second kappa shape index (κ2) is 6.92. The molecule has 5 nitrogen and oxygen atoms in total. The molecule has 0 amide bonds. The third kappa shape index (κ3) is 3.23. The van der Waals surface area contributed by atoms with Crippen molar-refractivity contribution in [3.63, 3.8) is 0 Å². The van der Waals surface area contributed by atoms with Crippen molar-refractivity contribution in [1.29, 1.82) is 0 Å². The summed E-state index contributed by atoms with van der Waals surface area (Å²) in [6.07, 6.45) is -0.0268. The van der Waals surface area contributed by atoms with Crippen molar-refractivity contribution in [3.05, 3.63) is 47.8 Å². The average molecular weight is 389 g/mol. The zero-order valence-corrected chi connectivity index (χ0v) is 15.2. The van der Waals surface area contributed by atoms with Gasteiger partial charge in [-0.3, -0.25) is 4.79 Å². The van der Waals surface area contributed by atoms with Crippen LogP contribution in [0.15, 0.2) is 36.5 Å². The van der Waals surface area contributed by atoms with Crippen LogP contribution < -0.4 is 4.74 Å². The number of nitrogens with zero attached hydrogens (tertiary/aromatic N) is 3. The smallest absolute Gasteiger partial charge is 0.433 e. The Morgan fingerprint density at radius 1 is 1.18 bits per heavy atom. The number of ketones is 1. The summed E-state index contributed by atoms with van der Waals surface area (Å²) in [6, 6.07) is 7.51. The van der Waals surface area contributed by atoms with E-state index in [9.17, 15) is 18.0 Å². The highest BCUT2D eigenvalue weighted by atomic mass is 19.4. The number of rotatable bonds is 4. The fourth-order valence-electron chi connectivity index (χ4n) is 3.66. The first-order valence-electron chi connectivity index (χ1n) is 9.03. The second-order valence-corrected chi connectivity index (χ2v) is 6.89. The molecule has 1 fully saturated rings. The lowest BCUT2D eigenvalue weighted by Crippen LogP contribution is -2.15. The van der Waals surface area contributed by atoms with E-state index in [2.05, 4.69) is 10.1 Å². The number of fused-ring (bicyclic) bond motifs is 1. The SMILES string of the molecule is COc1ccc(-c2cc(C(F)(F)F)n3ncc(C(=O)C4CCCC4)c3n2)cc1. The largest absolute Gasteiger partial charge is 0.497 e. The molecule has 0 saturated heterocycles. The number of halogens is 3. The molecular weight excluding hydrogens is 371 g/mol. The number of Topliss-reactive ketones (excluding diaryl/α,β-unsaturated/α-hetero) is 1. The molecule has 146 valence electrons. The van der Waals surface area contributed by atoms with Crippen molar-refractivity contribution in [1.82, 2.24) is 14.6 Å². The van der Waals surface area contributed by atoms with Crippen LogP contribution in [-0.2, 0) is 6.18 Å². The van der Waals surface area contributed by atoms with Crippen LogP contribution in [-0.4, -0.2) is 27.5 Å². The maximum Gasteiger partial charge on any atom is 0.433 e. The Labute approximate surface area is 159 Å². The quantitative estimate of drug-likeness (QED) is 0.602. The van der Waals surface area contributed by atoms with Gasteiger partial charge in [-0.2, -0.15) is 18.3 Å². The number of carbonyl (C=O) groups is 1. The summed E-state index contributed by atoms with van der Waals surface area (Å²) in [5.41, 5.74) is -0.253. The van der Waals surface area contributed by atoms with Crippen molar-refractivity contribution >= 4 is 11.4 Å². The minimum Gasteiger partial charge on any atom is -0.497 e. The Bertz CT molecular complexity index is 1020. The van der Waals surface area contributed by atoms with E-state index < -0.39 is 11.9 Å². The van der Waals surface area contributed by atoms with Crippen molar-refractivity contribution < 1.29 is 22.7 Å². The number of alkyl halides is 3. The number of methoxy groups -OCH3 is 1. The van der Waals surface area contributed by atoms with Crippen LogP contribution in [0, 0.1) is 5.92 Å².